The number of allylic oxidation sites excluding steroid dienone is 1. The van der Waals surface area contributed by atoms with Crippen molar-refractivity contribution < 1.29 is 31.5 Å². The van der Waals surface area contributed by atoms with Crippen molar-refractivity contribution in [2.24, 2.45) is 11.8 Å². The molecule has 1 aliphatic rings. The fourth-order valence-electron chi connectivity index (χ4n) is 4.18. The Labute approximate surface area is 190 Å². The lowest BCUT2D eigenvalue weighted by Crippen LogP contribution is -2.25. The maximum Gasteiger partial charge on any atom is 0.409 e. The minimum atomic E-state index is -4.67. The predicted molar refractivity (Wildman–Crippen MR) is 117 cm³/mol. The lowest BCUT2D eigenvalue weighted by atomic mass is 9.80. The molecule has 7 heteroatoms. The molecule has 178 valence electrons. The van der Waals surface area contributed by atoms with Crippen LogP contribution in [0.5, 0.6) is 5.75 Å². The number of rotatable bonds is 7. The first-order valence-electron chi connectivity index (χ1n) is 11.2. The summed E-state index contributed by atoms with van der Waals surface area (Å²) in [5, 5.41) is 0. The van der Waals surface area contributed by atoms with Gasteiger partial charge in [-0.1, -0.05) is 38.3 Å². The lowest BCUT2D eigenvalue weighted by Gasteiger charge is -2.27. The van der Waals surface area contributed by atoms with Gasteiger partial charge in [0.15, 0.2) is 0 Å². The van der Waals surface area contributed by atoms with Crippen LogP contribution in [0, 0.1) is 23.5 Å². The third-order valence-electron chi connectivity index (χ3n) is 6.07. The maximum absolute atomic E-state index is 14.2. The summed E-state index contributed by atoms with van der Waals surface area (Å²) in [5.74, 6) is -1.57. The first kappa shape index (κ1) is 24.9. The van der Waals surface area contributed by atoms with Gasteiger partial charge < -0.3 is 4.74 Å². The third kappa shape index (κ3) is 7.14. The number of carbonyl (C=O) groups is 1. The van der Waals surface area contributed by atoms with Crippen LogP contribution in [0.25, 0.3) is 17.2 Å². The van der Waals surface area contributed by atoms with Gasteiger partial charge in [0, 0.05) is 11.6 Å². The molecule has 0 heterocycles. The van der Waals surface area contributed by atoms with E-state index in [4.69, 9.17) is 4.74 Å². The predicted octanol–water partition coefficient (Wildman–Crippen LogP) is 8.11. The number of benzene rings is 2. The summed E-state index contributed by atoms with van der Waals surface area (Å²) < 4.78 is 70.8. The molecule has 2 aromatic carbocycles. The average molecular weight is 466 g/mol. The number of halogens is 5. The molecular formula is C26H27F5O2. The van der Waals surface area contributed by atoms with E-state index in [0.29, 0.717) is 23.3 Å². The summed E-state index contributed by atoms with van der Waals surface area (Å²) in [6, 6.07) is 8.10. The molecule has 0 bridgehead atoms. The van der Waals surface area contributed by atoms with Gasteiger partial charge >= 0.3 is 12.1 Å². The summed E-state index contributed by atoms with van der Waals surface area (Å²) in [7, 11) is 0. The van der Waals surface area contributed by atoms with Gasteiger partial charge in [0.25, 0.3) is 0 Å². The second-order valence-corrected chi connectivity index (χ2v) is 8.53. The molecule has 0 spiro atoms. The van der Waals surface area contributed by atoms with Gasteiger partial charge in [-0.3, -0.25) is 4.79 Å². The van der Waals surface area contributed by atoms with Crippen molar-refractivity contribution in [3.63, 3.8) is 0 Å². The highest BCUT2D eigenvalue weighted by Crippen LogP contribution is 2.33. The molecule has 0 aromatic heterocycles. The van der Waals surface area contributed by atoms with Gasteiger partial charge in [0.1, 0.15) is 17.4 Å². The highest BCUT2D eigenvalue weighted by atomic mass is 19.4. The van der Waals surface area contributed by atoms with Crippen molar-refractivity contribution in [1.82, 2.24) is 0 Å². The van der Waals surface area contributed by atoms with Crippen molar-refractivity contribution in [2.75, 3.05) is 0 Å². The van der Waals surface area contributed by atoms with Crippen LogP contribution in [0.4, 0.5) is 22.0 Å². The Morgan fingerprint density at radius 1 is 1.00 bits per heavy atom. The van der Waals surface area contributed by atoms with Crippen LogP contribution >= 0.6 is 0 Å². The van der Waals surface area contributed by atoms with E-state index in [1.807, 2.05) is 0 Å². The molecule has 0 aliphatic heterocycles. The Morgan fingerprint density at radius 3 is 2.15 bits per heavy atom. The number of unbranched alkanes of at least 4 members (excludes halogenated alkanes) is 1. The van der Waals surface area contributed by atoms with Crippen LogP contribution in [0.1, 0.15) is 57.4 Å². The zero-order valence-electron chi connectivity index (χ0n) is 18.4. The summed E-state index contributed by atoms with van der Waals surface area (Å²) in [6.07, 6.45) is 2.79. The Balaban J connectivity index is 1.62. The molecule has 2 nitrogen and oxygen atoms in total. The smallest absolute Gasteiger partial charge is 0.409 e. The van der Waals surface area contributed by atoms with Gasteiger partial charge in [-0.25, -0.2) is 8.78 Å². The topological polar surface area (TPSA) is 26.3 Å². The number of ether oxygens (including phenoxy) is 1. The van der Waals surface area contributed by atoms with Gasteiger partial charge in [0.2, 0.25) is 0 Å². The van der Waals surface area contributed by atoms with E-state index in [2.05, 4.69) is 6.92 Å². The molecule has 0 atom stereocenters. The van der Waals surface area contributed by atoms with E-state index < -0.39 is 23.4 Å². The molecule has 0 amide bonds. The van der Waals surface area contributed by atoms with Crippen LogP contribution in [0.2, 0.25) is 0 Å². The molecule has 0 saturated heterocycles. The van der Waals surface area contributed by atoms with Gasteiger partial charge in [-0.2, -0.15) is 13.2 Å². The first-order chi connectivity index (χ1) is 15.7. The lowest BCUT2D eigenvalue weighted by molar-refractivity contribution is -0.140. The second-order valence-electron chi connectivity index (χ2n) is 8.53. The SMILES string of the molecule is CCCCC1CCC(C(=O)Oc2ccc(-c3cc(F)c(/C=C/C(F)(F)F)c(F)c3)cc2)CC1. The molecule has 33 heavy (non-hydrogen) atoms. The zero-order valence-corrected chi connectivity index (χ0v) is 18.4. The number of alkyl halides is 3. The largest absolute Gasteiger partial charge is 0.426 e. The fourth-order valence-corrected chi connectivity index (χ4v) is 4.18. The molecule has 0 radical (unpaired) electrons. The highest BCUT2D eigenvalue weighted by Gasteiger charge is 2.27. The maximum atomic E-state index is 14.2. The van der Waals surface area contributed by atoms with Crippen LogP contribution in [-0.4, -0.2) is 12.1 Å². The minimum absolute atomic E-state index is 0.122. The van der Waals surface area contributed by atoms with Gasteiger partial charge in [0.05, 0.1) is 5.92 Å². The zero-order chi connectivity index (χ0) is 24.0. The van der Waals surface area contributed by atoms with Crippen molar-refractivity contribution in [1.29, 1.82) is 0 Å². The number of hydrogen-bond acceptors (Lipinski definition) is 2. The number of carbonyl (C=O) groups excluding carboxylic acids is 1. The van der Waals surface area contributed by atoms with Crippen molar-refractivity contribution in [2.45, 2.75) is 58.0 Å². The second kappa shape index (κ2) is 10.9. The van der Waals surface area contributed by atoms with Crippen LogP contribution in [0.3, 0.4) is 0 Å². The summed E-state index contributed by atoms with van der Waals surface area (Å²) >= 11 is 0. The third-order valence-corrected chi connectivity index (χ3v) is 6.07. The molecule has 1 aliphatic carbocycles. The minimum Gasteiger partial charge on any atom is -0.426 e. The molecular weight excluding hydrogens is 439 g/mol. The molecule has 0 N–H and O–H groups in total. The molecule has 1 saturated carbocycles. The fraction of sp³-hybridized carbons (Fsp3) is 0.423. The van der Waals surface area contributed by atoms with Crippen molar-refractivity contribution >= 4 is 12.0 Å². The van der Waals surface area contributed by atoms with E-state index in [9.17, 15) is 26.7 Å². The van der Waals surface area contributed by atoms with E-state index in [-0.39, 0.29) is 23.5 Å². The Bertz CT molecular complexity index is 948. The normalized spacial score (nSPS) is 19.1. The first-order valence-corrected chi connectivity index (χ1v) is 11.2. The van der Waals surface area contributed by atoms with Crippen molar-refractivity contribution in [3.05, 3.63) is 59.7 Å². The number of hydrogen-bond donors (Lipinski definition) is 0. The van der Waals surface area contributed by atoms with Crippen LogP contribution < -0.4 is 4.74 Å². The standard InChI is InChI=1S/C26H27F5O2/c1-2-3-4-17-5-7-19(8-6-17)25(32)33-21-11-9-18(10-12-21)20-15-23(27)22(24(28)16-20)13-14-26(29,30)31/h9-17,19H,2-8H2,1H3/b14-13+. The van der Waals surface area contributed by atoms with E-state index >= 15 is 0 Å². The average Bonchev–Trinajstić information content (AvgIpc) is 2.77. The Morgan fingerprint density at radius 2 is 1.61 bits per heavy atom. The molecule has 0 unspecified atom stereocenters. The number of esters is 1. The summed E-state index contributed by atoms with van der Waals surface area (Å²) in [6.45, 7) is 2.17. The molecule has 1 fully saturated rings. The molecule has 3 rings (SSSR count). The monoisotopic (exact) mass is 466 g/mol. The van der Waals surface area contributed by atoms with E-state index in [1.165, 1.54) is 31.4 Å². The summed E-state index contributed by atoms with van der Waals surface area (Å²) in [4.78, 5) is 12.5. The summed E-state index contributed by atoms with van der Waals surface area (Å²) in [5.41, 5.74) is -0.154. The van der Waals surface area contributed by atoms with Crippen LogP contribution in [-0.2, 0) is 4.79 Å². The molecule has 2 aromatic rings. The quantitative estimate of drug-likeness (QED) is 0.234. The van der Waals surface area contributed by atoms with Gasteiger partial charge in [-0.05, 0) is 73.1 Å². The van der Waals surface area contributed by atoms with Crippen molar-refractivity contribution in [3.8, 4) is 16.9 Å². The van der Waals surface area contributed by atoms with Gasteiger partial charge in [-0.15, -0.1) is 0 Å². The Kier molecular flexibility index (Phi) is 8.27. The van der Waals surface area contributed by atoms with E-state index in [1.54, 1.807) is 12.1 Å². The van der Waals surface area contributed by atoms with Crippen LogP contribution in [0.15, 0.2) is 42.5 Å². The highest BCUT2D eigenvalue weighted by molar-refractivity contribution is 5.75. The van der Waals surface area contributed by atoms with E-state index in [0.717, 1.165) is 37.8 Å². The Hall–Kier alpha value is -2.70.